The highest BCUT2D eigenvalue weighted by molar-refractivity contribution is 6.04. The van der Waals surface area contributed by atoms with Gasteiger partial charge in [-0.05, 0) is 61.3 Å². The molecule has 0 heteroatoms. The SMILES string of the molecule is C1=Cc2cccc3cccc1c23.c1ccc2c(c1)Cc1ccccc1-2.c1ccc2ccccc2c1. The van der Waals surface area contributed by atoms with Gasteiger partial charge in [0.2, 0.25) is 0 Å². The van der Waals surface area contributed by atoms with E-state index in [1.807, 2.05) is 0 Å². The highest BCUT2D eigenvalue weighted by atomic mass is 14.2. The lowest BCUT2D eigenvalue weighted by Gasteiger charge is -1.99. The van der Waals surface area contributed by atoms with Gasteiger partial charge in [0.15, 0.2) is 0 Å². The summed E-state index contributed by atoms with van der Waals surface area (Å²) in [6.45, 7) is 0. The summed E-state index contributed by atoms with van der Waals surface area (Å²) in [6, 6.07) is 46.9. The molecule has 6 aromatic carbocycles. The summed E-state index contributed by atoms with van der Waals surface area (Å²) in [4.78, 5) is 0. The van der Waals surface area contributed by atoms with E-state index < -0.39 is 0 Å². The molecular formula is C35H26. The average molecular weight is 447 g/mol. The maximum absolute atomic E-state index is 2.22. The van der Waals surface area contributed by atoms with Crippen LogP contribution in [0.2, 0.25) is 0 Å². The van der Waals surface area contributed by atoms with E-state index in [0.717, 1.165) is 6.42 Å². The van der Waals surface area contributed by atoms with E-state index in [2.05, 4.69) is 146 Å². The first kappa shape index (κ1) is 21.1. The number of rotatable bonds is 0. The molecule has 0 aromatic heterocycles. The summed E-state index contributed by atoms with van der Waals surface area (Å²) >= 11 is 0. The first-order chi connectivity index (χ1) is 17.4. The van der Waals surface area contributed by atoms with Crippen LogP contribution in [0.4, 0.5) is 0 Å². The Kier molecular flexibility index (Phi) is 5.70. The van der Waals surface area contributed by atoms with E-state index in [-0.39, 0.29) is 0 Å². The van der Waals surface area contributed by atoms with E-state index in [9.17, 15) is 0 Å². The third-order valence-electron chi connectivity index (χ3n) is 6.78. The van der Waals surface area contributed by atoms with Gasteiger partial charge in [-0.3, -0.25) is 0 Å². The molecule has 0 saturated heterocycles. The Bertz CT molecular complexity index is 1520. The number of fused-ring (bicyclic) bond motifs is 4. The van der Waals surface area contributed by atoms with Gasteiger partial charge in [-0.1, -0.05) is 146 Å². The van der Waals surface area contributed by atoms with Crippen molar-refractivity contribution in [3.63, 3.8) is 0 Å². The van der Waals surface area contributed by atoms with Gasteiger partial charge >= 0.3 is 0 Å². The van der Waals surface area contributed by atoms with Crippen molar-refractivity contribution in [1.29, 1.82) is 0 Å². The Morgan fingerprint density at radius 1 is 0.343 bits per heavy atom. The quantitative estimate of drug-likeness (QED) is 0.218. The van der Waals surface area contributed by atoms with E-state index in [4.69, 9.17) is 0 Å². The van der Waals surface area contributed by atoms with Gasteiger partial charge in [0.05, 0.1) is 0 Å². The monoisotopic (exact) mass is 446 g/mol. The summed E-state index contributed by atoms with van der Waals surface area (Å²) in [5.74, 6) is 0. The molecule has 35 heavy (non-hydrogen) atoms. The second-order valence-electron chi connectivity index (χ2n) is 8.96. The summed E-state index contributed by atoms with van der Waals surface area (Å²) < 4.78 is 0. The smallest absolute Gasteiger partial charge is 0.00135 e. The zero-order valence-corrected chi connectivity index (χ0v) is 19.6. The van der Waals surface area contributed by atoms with Gasteiger partial charge in [0, 0.05) is 0 Å². The summed E-state index contributed by atoms with van der Waals surface area (Å²) in [7, 11) is 0. The molecule has 0 heterocycles. The molecule has 0 fully saturated rings. The molecule has 0 nitrogen and oxygen atoms in total. The Morgan fingerprint density at radius 2 is 0.743 bits per heavy atom. The zero-order valence-electron chi connectivity index (χ0n) is 19.6. The highest BCUT2D eigenvalue weighted by Crippen LogP contribution is 2.35. The maximum Gasteiger partial charge on any atom is -0.00135 e. The predicted octanol–water partition coefficient (Wildman–Crippen LogP) is 9.42. The molecule has 0 bridgehead atoms. The molecule has 0 saturated carbocycles. The maximum atomic E-state index is 2.22. The fourth-order valence-electron chi connectivity index (χ4n) is 5.07. The normalized spacial score (nSPS) is 11.8. The lowest BCUT2D eigenvalue weighted by Crippen LogP contribution is -1.77. The molecule has 2 aliphatic carbocycles. The van der Waals surface area contributed by atoms with Crippen molar-refractivity contribution in [2.45, 2.75) is 6.42 Å². The molecule has 0 radical (unpaired) electrons. The van der Waals surface area contributed by atoms with E-state index in [1.165, 1.54) is 54.9 Å². The molecule has 0 atom stereocenters. The highest BCUT2D eigenvalue weighted by Gasteiger charge is 2.15. The second-order valence-corrected chi connectivity index (χ2v) is 8.96. The van der Waals surface area contributed by atoms with E-state index in [1.54, 1.807) is 0 Å². The molecule has 0 spiro atoms. The first-order valence-corrected chi connectivity index (χ1v) is 12.2. The van der Waals surface area contributed by atoms with Crippen molar-refractivity contribution in [2.24, 2.45) is 0 Å². The second kappa shape index (κ2) is 9.44. The number of benzene rings is 6. The van der Waals surface area contributed by atoms with Crippen LogP contribution in [-0.4, -0.2) is 0 Å². The Hall–Kier alpha value is -4.42. The molecule has 0 N–H and O–H groups in total. The Balaban J connectivity index is 0.0000000989. The predicted molar refractivity (Wildman–Crippen MR) is 152 cm³/mol. The van der Waals surface area contributed by atoms with Crippen LogP contribution in [-0.2, 0) is 6.42 Å². The third kappa shape index (κ3) is 4.27. The van der Waals surface area contributed by atoms with Crippen LogP contribution in [0.3, 0.4) is 0 Å². The van der Waals surface area contributed by atoms with Gasteiger partial charge in [-0.2, -0.15) is 0 Å². The number of hydrogen-bond donors (Lipinski definition) is 0. The average Bonchev–Trinajstić information content (AvgIpc) is 3.53. The van der Waals surface area contributed by atoms with Crippen molar-refractivity contribution < 1.29 is 0 Å². The van der Waals surface area contributed by atoms with Crippen LogP contribution < -0.4 is 0 Å². The van der Waals surface area contributed by atoms with Crippen LogP contribution in [0.1, 0.15) is 22.3 Å². The van der Waals surface area contributed by atoms with Crippen LogP contribution in [0.25, 0.3) is 44.8 Å². The Morgan fingerprint density at radius 3 is 1.23 bits per heavy atom. The van der Waals surface area contributed by atoms with E-state index in [0.29, 0.717) is 0 Å². The minimum atomic E-state index is 1.10. The fourth-order valence-corrected chi connectivity index (χ4v) is 5.07. The van der Waals surface area contributed by atoms with Crippen molar-refractivity contribution >= 4 is 33.7 Å². The summed E-state index contributed by atoms with van der Waals surface area (Å²) in [5, 5.41) is 5.37. The third-order valence-corrected chi connectivity index (χ3v) is 6.78. The molecule has 166 valence electrons. The van der Waals surface area contributed by atoms with Crippen LogP contribution in [0, 0.1) is 0 Å². The molecule has 0 unspecified atom stereocenters. The summed E-state index contributed by atoms with van der Waals surface area (Å²) in [6.07, 6.45) is 5.46. The van der Waals surface area contributed by atoms with Crippen molar-refractivity contribution in [1.82, 2.24) is 0 Å². The molecule has 6 aromatic rings. The van der Waals surface area contributed by atoms with Gasteiger partial charge in [-0.15, -0.1) is 0 Å². The molecule has 0 aliphatic heterocycles. The van der Waals surface area contributed by atoms with Crippen molar-refractivity contribution in [2.75, 3.05) is 0 Å². The molecule has 8 rings (SSSR count). The minimum absolute atomic E-state index is 1.10. The molecule has 0 amide bonds. The fraction of sp³-hybridized carbons (Fsp3) is 0.0286. The van der Waals surface area contributed by atoms with Crippen LogP contribution >= 0.6 is 0 Å². The lowest BCUT2D eigenvalue weighted by atomic mass is 10.0. The molecular weight excluding hydrogens is 420 g/mol. The first-order valence-electron chi connectivity index (χ1n) is 12.2. The van der Waals surface area contributed by atoms with E-state index >= 15 is 0 Å². The lowest BCUT2D eigenvalue weighted by molar-refractivity contribution is 1.26. The van der Waals surface area contributed by atoms with Gasteiger partial charge in [-0.25, -0.2) is 0 Å². The van der Waals surface area contributed by atoms with Crippen LogP contribution in [0.15, 0.2) is 133 Å². The standard InChI is InChI=1S/C13H10.C12H8.C10H8/c1-3-7-12-10(5-1)9-11-6-2-4-8-13(11)12;1-3-9-4-2-6-11-8-7-10(5-1)12(9)11;1-2-6-10-8-4-3-7-9(10)5-1/h1-8H,9H2;1-8H;1-8H. The molecule has 2 aliphatic rings. The van der Waals surface area contributed by atoms with Gasteiger partial charge in [0.1, 0.15) is 0 Å². The van der Waals surface area contributed by atoms with Crippen molar-refractivity contribution in [3.8, 4) is 11.1 Å². The summed E-state index contributed by atoms with van der Waals surface area (Å²) in [5.41, 5.74) is 8.45. The minimum Gasteiger partial charge on any atom is -0.0619 e. The van der Waals surface area contributed by atoms with Gasteiger partial charge in [0.25, 0.3) is 0 Å². The zero-order chi connectivity index (χ0) is 23.5. The Labute approximate surface area is 206 Å². The largest absolute Gasteiger partial charge is 0.0619 e. The van der Waals surface area contributed by atoms with Gasteiger partial charge < -0.3 is 0 Å². The topological polar surface area (TPSA) is 0 Å². The number of hydrogen-bond acceptors (Lipinski definition) is 0. The van der Waals surface area contributed by atoms with Crippen LogP contribution in [0.5, 0.6) is 0 Å². The van der Waals surface area contributed by atoms with Crippen molar-refractivity contribution in [3.05, 3.63) is 156 Å².